The van der Waals surface area contributed by atoms with Gasteiger partial charge in [-0.2, -0.15) is 0 Å². The van der Waals surface area contributed by atoms with Crippen LogP contribution in [0.25, 0.3) is 0 Å². The Morgan fingerprint density at radius 3 is 2.18 bits per heavy atom. The summed E-state index contributed by atoms with van der Waals surface area (Å²) in [5.41, 5.74) is 5.14. The van der Waals surface area contributed by atoms with E-state index >= 15 is 0 Å². The first-order chi connectivity index (χ1) is 5.33. The highest BCUT2D eigenvalue weighted by molar-refractivity contribution is 5.48. The van der Waals surface area contributed by atoms with E-state index in [0.717, 1.165) is 12.8 Å². The Morgan fingerprint density at radius 1 is 1.45 bits per heavy atom. The number of hydrogen-bond donors (Lipinski definition) is 2. The SMILES string of the molecule is CCCCN.O=CCCCO. The first-order valence-corrected chi connectivity index (χ1v) is 4.08. The summed E-state index contributed by atoms with van der Waals surface area (Å²) >= 11 is 0. The van der Waals surface area contributed by atoms with Gasteiger partial charge >= 0.3 is 0 Å². The Morgan fingerprint density at radius 2 is 2.09 bits per heavy atom. The van der Waals surface area contributed by atoms with Crippen LogP contribution in [0.1, 0.15) is 32.6 Å². The Labute approximate surface area is 68.6 Å². The van der Waals surface area contributed by atoms with Gasteiger partial charge in [0.1, 0.15) is 6.29 Å². The van der Waals surface area contributed by atoms with Crippen molar-refractivity contribution in [1.82, 2.24) is 0 Å². The van der Waals surface area contributed by atoms with Crippen molar-refractivity contribution in [3.63, 3.8) is 0 Å². The van der Waals surface area contributed by atoms with Crippen molar-refractivity contribution in [2.75, 3.05) is 13.2 Å². The number of rotatable bonds is 5. The molecule has 68 valence electrons. The second-order valence-corrected chi connectivity index (χ2v) is 2.17. The summed E-state index contributed by atoms with van der Waals surface area (Å²) in [4.78, 5) is 9.45. The zero-order valence-corrected chi connectivity index (χ0v) is 7.25. The molecular formula is C8H19NO2. The van der Waals surface area contributed by atoms with E-state index in [-0.39, 0.29) is 6.61 Å². The lowest BCUT2D eigenvalue weighted by Gasteiger charge is -1.80. The molecule has 3 N–H and O–H groups in total. The van der Waals surface area contributed by atoms with Crippen molar-refractivity contribution in [2.24, 2.45) is 5.73 Å². The molecule has 0 fully saturated rings. The number of carbonyl (C=O) groups is 1. The molecule has 0 rings (SSSR count). The summed E-state index contributed by atoms with van der Waals surface area (Å²) in [5.74, 6) is 0. The van der Waals surface area contributed by atoms with Crippen LogP contribution < -0.4 is 5.73 Å². The highest BCUT2D eigenvalue weighted by atomic mass is 16.3. The fourth-order valence-electron chi connectivity index (χ4n) is 0.379. The molecule has 0 aromatic carbocycles. The predicted molar refractivity (Wildman–Crippen MR) is 46.3 cm³/mol. The highest BCUT2D eigenvalue weighted by Crippen LogP contribution is 1.77. The van der Waals surface area contributed by atoms with E-state index in [4.69, 9.17) is 10.8 Å². The van der Waals surface area contributed by atoms with Gasteiger partial charge in [-0.05, 0) is 19.4 Å². The standard InChI is InChI=1S/C4H11N.C4H8O2/c1-2-3-4-5;5-3-1-2-4-6/h2-5H2,1H3;3,6H,1-2,4H2. The van der Waals surface area contributed by atoms with E-state index < -0.39 is 0 Å². The maximum atomic E-state index is 9.45. The Hall–Kier alpha value is -0.410. The van der Waals surface area contributed by atoms with Crippen LogP contribution in [0.5, 0.6) is 0 Å². The minimum Gasteiger partial charge on any atom is -0.396 e. The molecule has 0 aliphatic heterocycles. The largest absolute Gasteiger partial charge is 0.396 e. The number of nitrogens with two attached hydrogens (primary N) is 1. The maximum absolute atomic E-state index is 9.45. The predicted octanol–water partition coefficient (Wildman–Crippen LogP) is 0.703. The summed E-state index contributed by atoms with van der Waals surface area (Å²) in [6, 6.07) is 0. The fraction of sp³-hybridized carbons (Fsp3) is 0.875. The van der Waals surface area contributed by atoms with Crippen LogP contribution in [0.2, 0.25) is 0 Å². The molecule has 0 radical (unpaired) electrons. The Balaban J connectivity index is 0. The van der Waals surface area contributed by atoms with Crippen LogP contribution in [0, 0.1) is 0 Å². The van der Waals surface area contributed by atoms with Gasteiger partial charge in [-0.25, -0.2) is 0 Å². The molecule has 0 aliphatic carbocycles. The third-order valence-corrected chi connectivity index (χ3v) is 1.04. The van der Waals surface area contributed by atoms with Crippen LogP contribution in [0.3, 0.4) is 0 Å². The van der Waals surface area contributed by atoms with E-state index in [0.29, 0.717) is 12.8 Å². The molecule has 0 aromatic rings. The topological polar surface area (TPSA) is 63.3 Å². The van der Waals surface area contributed by atoms with Crippen LogP contribution in [0.15, 0.2) is 0 Å². The van der Waals surface area contributed by atoms with Gasteiger partial charge in [0.05, 0.1) is 0 Å². The highest BCUT2D eigenvalue weighted by Gasteiger charge is 1.76. The minimum atomic E-state index is 0.124. The average Bonchev–Trinajstić information content (AvgIpc) is 2.04. The molecule has 11 heavy (non-hydrogen) atoms. The van der Waals surface area contributed by atoms with Crippen LogP contribution in [0.4, 0.5) is 0 Å². The Kier molecular flexibility index (Phi) is 19.6. The first-order valence-electron chi connectivity index (χ1n) is 4.08. The van der Waals surface area contributed by atoms with E-state index in [1.807, 2.05) is 0 Å². The van der Waals surface area contributed by atoms with Crippen LogP contribution in [-0.4, -0.2) is 24.5 Å². The fourth-order valence-corrected chi connectivity index (χ4v) is 0.379. The molecule has 0 bridgehead atoms. The van der Waals surface area contributed by atoms with Crippen molar-refractivity contribution in [3.8, 4) is 0 Å². The molecule has 0 atom stereocenters. The summed E-state index contributed by atoms with van der Waals surface area (Å²) in [6.07, 6.45) is 4.27. The third-order valence-electron chi connectivity index (χ3n) is 1.04. The quantitative estimate of drug-likeness (QED) is 0.461. The van der Waals surface area contributed by atoms with Crippen molar-refractivity contribution >= 4 is 6.29 Å². The smallest absolute Gasteiger partial charge is 0.120 e. The molecular weight excluding hydrogens is 142 g/mol. The van der Waals surface area contributed by atoms with E-state index in [1.54, 1.807) is 0 Å². The van der Waals surface area contributed by atoms with E-state index in [1.165, 1.54) is 12.8 Å². The average molecular weight is 161 g/mol. The van der Waals surface area contributed by atoms with Gasteiger partial charge < -0.3 is 15.6 Å². The molecule has 0 saturated heterocycles. The molecule has 0 aliphatic rings. The maximum Gasteiger partial charge on any atom is 0.120 e. The number of carbonyl (C=O) groups excluding carboxylic acids is 1. The van der Waals surface area contributed by atoms with Gasteiger partial charge in [0.15, 0.2) is 0 Å². The number of aldehydes is 1. The van der Waals surface area contributed by atoms with Gasteiger partial charge in [0.2, 0.25) is 0 Å². The number of unbranched alkanes of at least 4 members (excludes halogenated alkanes) is 2. The van der Waals surface area contributed by atoms with Gasteiger partial charge in [-0.15, -0.1) is 0 Å². The van der Waals surface area contributed by atoms with Crippen LogP contribution >= 0.6 is 0 Å². The first kappa shape index (κ1) is 13.2. The zero-order chi connectivity index (χ0) is 8.95. The lowest BCUT2D eigenvalue weighted by atomic mass is 10.3. The van der Waals surface area contributed by atoms with Crippen molar-refractivity contribution in [2.45, 2.75) is 32.6 Å². The van der Waals surface area contributed by atoms with Crippen molar-refractivity contribution in [3.05, 3.63) is 0 Å². The van der Waals surface area contributed by atoms with Gasteiger partial charge in [0.25, 0.3) is 0 Å². The molecule has 3 heteroatoms. The summed E-state index contributed by atoms with van der Waals surface area (Å²) in [7, 11) is 0. The van der Waals surface area contributed by atoms with Crippen molar-refractivity contribution < 1.29 is 9.90 Å². The molecule has 0 spiro atoms. The summed E-state index contributed by atoms with van der Waals surface area (Å²) < 4.78 is 0. The number of hydrogen-bond acceptors (Lipinski definition) is 3. The number of aliphatic hydroxyl groups is 1. The van der Waals surface area contributed by atoms with E-state index in [2.05, 4.69) is 6.92 Å². The minimum absolute atomic E-state index is 0.124. The lowest BCUT2D eigenvalue weighted by Crippen LogP contribution is -1.95. The third kappa shape index (κ3) is 26.2. The molecule has 0 aromatic heterocycles. The molecule has 0 saturated carbocycles. The molecule has 0 heterocycles. The van der Waals surface area contributed by atoms with Crippen LogP contribution in [-0.2, 0) is 4.79 Å². The summed E-state index contributed by atoms with van der Waals surface area (Å²) in [5, 5.41) is 8.04. The number of aliphatic hydroxyl groups excluding tert-OH is 1. The van der Waals surface area contributed by atoms with Gasteiger partial charge in [-0.3, -0.25) is 0 Å². The normalized spacial score (nSPS) is 8.27. The second kappa shape index (κ2) is 16.3. The molecule has 0 amide bonds. The molecule has 3 nitrogen and oxygen atoms in total. The van der Waals surface area contributed by atoms with Gasteiger partial charge in [-0.1, -0.05) is 13.3 Å². The zero-order valence-electron chi connectivity index (χ0n) is 7.25. The van der Waals surface area contributed by atoms with Crippen molar-refractivity contribution in [1.29, 1.82) is 0 Å². The van der Waals surface area contributed by atoms with E-state index in [9.17, 15) is 4.79 Å². The van der Waals surface area contributed by atoms with Gasteiger partial charge in [0, 0.05) is 13.0 Å². The molecule has 0 unspecified atom stereocenters. The monoisotopic (exact) mass is 161 g/mol. The Bertz CT molecular complexity index is 65.1. The lowest BCUT2D eigenvalue weighted by molar-refractivity contribution is -0.108. The second-order valence-electron chi connectivity index (χ2n) is 2.17. The summed E-state index contributed by atoms with van der Waals surface area (Å²) in [6.45, 7) is 3.10.